The number of carboxylic acid groups (broad SMARTS) is 1. The largest absolute Gasteiger partial charge is 0.481 e. The maximum Gasteiger partial charge on any atom is 0.305 e. The predicted octanol–water partition coefficient (Wildman–Crippen LogP) is -0.494. The zero-order valence-electron chi connectivity index (χ0n) is 9.36. The number of aliphatic hydroxyl groups excluding tert-OH is 1. The van der Waals surface area contributed by atoms with Gasteiger partial charge in [-0.2, -0.15) is 0 Å². The van der Waals surface area contributed by atoms with Crippen molar-refractivity contribution in [2.45, 2.75) is 31.4 Å². The molecule has 88 valence electrons. The lowest BCUT2D eigenvalue weighted by Gasteiger charge is -2.48. The van der Waals surface area contributed by atoms with Gasteiger partial charge in [0.15, 0.2) is 0 Å². The number of aliphatic carboxylic acids is 1. The van der Waals surface area contributed by atoms with Gasteiger partial charge in [0.05, 0.1) is 18.1 Å². The first kappa shape index (κ1) is 12.4. The van der Waals surface area contributed by atoms with Crippen molar-refractivity contribution >= 4 is 5.97 Å². The van der Waals surface area contributed by atoms with E-state index in [0.717, 1.165) is 19.6 Å². The fourth-order valence-corrected chi connectivity index (χ4v) is 1.84. The van der Waals surface area contributed by atoms with Gasteiger partial charge in [-0.05, 0) is 20.4 Å². The molecule has 0 spiro atoms. The highest BCUT2D eigenvalue weighted by molar-refractivity contribution is 5.68. The first-order valence-corrected chi connectivity index (χ1v) is 5.28. The first-order valence-electron chi connectivity index (χ1n) is 5.28. The zero-order chi connectivity index (χ0) is 11.5. The lowest BCUT2D eigenvalue weighted by Crippen LogP contribution is -2.68. The summed E-state index contributed by atoms with van der Waals surface area (Å²) in [6.07, 6.45) is 0.510. The molecule has 5 nitrogen and oxygen atoms in total. The minimum atomic E-state index is -0.764. The van der Waals surface area contributed by atoms with Crippen LogP contribution in [-0.2, 0) is 4.79 Å². The van der Waals surface area contributed by atoms with Gasteiger partial charge in [0.2, 0.25) is 0 Å². The van der Waals surface area contributed by atoms with Crippen LogP contribution in [-0.4, -0.2) is 59.4 Å². The number of hydrogen-bond acceptors (Lipinski definition) is 4. The Kier molecular flexibility index (Phi) is 4.07. The monoisotopic (exact) mass is 216 g/mol. The Labute approximate surface area is 90.1 Å². The van der Waals surface area contributed by atoms with Gasteiger partial charge in [-0.25, -0.2) is 0 Å². The van der Waals surface area contributed by atoms with Gasteiger partial charge in [-0.3, -0.25) is 9.69 Å². The third-order valence-corrected chi connectivity index (χ3v) is 3.08. The third-order valence-electron chi connectivity index (χ3n) is 3.08. The second-order valence-electron chi connectivity index (χ2n) is 4.46. The summed E-state index contributed by atoms with van der Waals surface area (Å²) in [5.74, 6) is -0.764. The molecule has 0 amide bonds. The highest BCUT2D eigenvalue weighted by Crippen LogP contribution is 2.23. The van der Waals surface area contributed by atoms with Crippen molar-refractivity contribution in [3.05, 3.63) is 0 Å². The molecule has 1 saturated heterocycles. The molecule has 3 N–H and O–H groups in total. The van der Waals surface area contributed by atoms with E-state index in [9.17, 15) is 9.90 Å². The smallest absolute Gasteiger partial charge is 0.305 e. The van der Waals surface area contributed by atoms with Gasteiger partial charge in [-0.15, -0.1) is 0 Å². The lowest BCUT2D eigenvalue weighted by molar-refractivity contribution is -0.141. The fraction of sp³-hybridized carbons (Fsp3) is 0.900. The molecule has 1 unspecified atom stereocenters. The molecular weight excluding hydrogens is 196 g/mol. The van der Waals surface area contributed by atoms with Crippen LogP contribution in [0.5, 0.6) is 0 Å². The molecule has 0 aromatic carbocycles. The van der Waals surface area contributed by atoms with Gasteiger partial charge >= 0.3 is 5.97 Å². The van der Waals surface area contributed by atoms with Crippen LogP contribution in [0.4, 0.5) is 0 Å². The standard InChI is InChI=1S/C10H20N2O3/c1-8(13)3-4-12(2)10(5-9(14)15)6-11-7-10/h8,11,13H,3-7H2,1-2H3,(H,14,15). The van der Waals surface area contributed by atoms with Crippen LogP contribution in [0, 0.1) is 0 Å². The van der Waals surface area contributed by atoms with Crippen molar-refractivity contribution in [2.24, 2.45) is 0 Å². The number of carboxylic acids is 1. The Bertz CT molecular complexity index is 227. The Balaban J connectivity index is 2.46. The molecule has 0 saturated carbocycles. The number of aliphatic hydroxyl groups is 1. The van der Waals surface area contributed by atoms with Crippen molar-refractivity contribution in [1.82, 2.24) is 10.2 Å². The Morgan fingerprint density at radius 2 is 2.20 bits per heavy atom. The summed E-state index contributed by atoms with van der Waals surface area (Å²) in [5.41, 5.74) is -0.249. The SMILES string of the molecule is CC(O)CCN(C)C1(CC(=O)O)CNC1. The molecule has 1 rings (SSSR count). The molecule has 1 aliphatic heterocycles. The summed E-state index contributed by atoms with van der Waals surface area (Å²) < 4.78 is 0. The maximum atomic E-state index is 10.7. The average Bonchev–Trinajstić information content (AvgIpc) is 2.06. The number of hydrogen-bond donors (Lipinski definition) is 3. The molecule has 5 heteroatoms. The van der Waals surface area contributed by atoms with Crippen molar-refractivity contribution < 1.29 is 15.0 Å². The minimum absolute atomic E-state index is 0.163. The van der Waals surface area contributed by atoms with E-state index in [4.69, 9.17) is 5.11 Å². The lowest BCUT2D eigenvalue weighted by atomic mass is 9.86. The molecular formula is C10H20N2O3. The number of nitrogens with one attached hydrogen (secondary N) is 1. The van der Waals surface area contributed by atoms with E-state index in [0.29, 0.717) is 6.42 Å². The van der Waals surface area contributed by atoms with Gasteiger partial charge in [-0.1, -0.05) is 0 Å². The third kappa shape index (κ3) is 3.15. The average molecular weight is 216 g/mol. The summed E-state index contributed by atoms with van der Waals surface area (Å²) >= 11 is 0. The van der Waals surface area contributed by atoms with Crippen LogP contribution in [0.3, 0.4) is 0 Å². The molecule has 1 atom stereocenters. The Morgan fingerprint density at radius 1 is 1.60 bits per heavy atom. The van der Waals surface area contributed by atoms with E-state index in [2.05, 4.69) is 5.32 Å². The number of likely N-dealkylation sites (N-methyl/N-ethyl adjacent to an activating group) is 1. The summed E-state index contributed by atoms with van der Waals surface area (Å²) in [7, 11) is 1.92. The number of carbonyl (C=O) groups is 1. The highest BCUT2D eigenvalue weighted by atomic mass is 16.4. The predicted molar refractivity (Wildman–Crippen MR) is 56.8 cm³/mol. The van der Waals surface area contributed by atoms with E-state index in [1.807, 2.05) is 11.9 Å². The van der Waals surface area contributed by atoms with E-state index < -0.39 is 5.97 Å². The zero-order valence-corrected chi connectivity index (χ0v) is 9.36. The molecule has 0 aromatic rings. The van der Waals surface area contributed by atoms with Crippen LogP contribution in [0.1, 0.15) is 19.8 Å². The molecule has 0 aromatic heterocycles. The van der Waals surface area contributed by atoms with Crippen LogP contribution in [0.15, 0.2) is 0 Å². The van der Waals surface area contributed by atoms with Crippen molar-refractivity contribution in [1.29, 1.82) is 0 Å². The first-order chi connectivity index (χ1) is 6.96. The van der Waals surface area contributed by atoms with Gasteiger partial charge in [0.1, 0.15) is 0 Å². The minimum Gasteiger partial charge on any atom is -0.481 e. The molecule has 0 radical (unpaired) electrons. The normalized spacial score (nSPS) is 21.1. The highest BCUT2D eigenvalue weighted by Gasteiger charge is 2.42. The maximum absolute atomic E-state index is 10.7. The Hall–Kier alpha value is -0.650. The summed E-state index contributed by atoms with van der Waals surface area (Å²) in [6.45, 7) is 3.91. The molecule has 1 fully saturated rings. The van der Waals surface area contributed by atoms with E-state index in [1.54, 1.807) is 6.92 Å². The number of rotatable bonds is 6. The fourth-order valence-electron chi connectivity index (χ4n) is 1.84. The van der Waals surface area contributed by atoms with Crippen molar-refractivity contribution in [3.8, 4) is 0 Å². The molecule has 0 aliphatic carbocycles. The van der Waals surface area contributed by atoms with E-state index >= 15 is 0 Å². The summed E-state index contributed by atoms with van der Waals surface area (Å²) in [6, 6.07) is 0. The topological polar surface area (TPSA) is 72.8 Å². The molecule has 1 heterocycles. The molecule has 1 aliphatic rings. The van der Waals surface area contributed by atoms with Crippen molar-refractivity contribution in [3.63, 3.8) is 0 Å². The summed E-state index contributed by atoms with van der Waals surface area (Å²) in [4.78, 5) is 12.8. The Morgan fingerprint density at radius 3 is 2.53 bits per heavy atom. The van der Waals surface area contributed by atoms with Crippen LogP contribution >= 0.6 is 0 Å². The van der Waals surface area contributed by atoms with Crippen molar-refractivity contribution in [2.75, 3.05) is 26.7 Å². The van der Waals surface area contributed by atoms with Crippen LogP contribution in [0.2, 0.25) is 0 Å². The van der Waals surface area contributed by atoms with Gasteiger partial charge in [0.25, 0.3) is 0 Å². The van der Waals surface area contributed by atoms with E-state index in [1.165, 1.54) is 0 Å². The summed E-state index contributed by atoms with van der Waals surface area (Å²) in [5, 5.41) is 21.1. The number of nitrogens with zero attached hydrogens (tertiary/aromatic N) is 1. The molecule has 0 bridgehead atoms. The van der Waals surface area contributed by atoms with E-state index in [-0.39, 0.29) is 18.1 Å². The molecule has 15 heavy (non-hydrogen) atoms. The van der Waals surface area contributed by atoms with Gasteiger partial charge in [0, 0.05) is 19.6 Å². The quantitative estimate of drug-likeness (QED) is 0.558. The van der Waals surface area contributed by atoms with Crippen LogP contribution < -0.4 is 5.32 Å². The van der Waals surface area contributed by atoms with Crippen LogP contribution in [0.25, 0.3) is 0 Å². The second kappa shape index (κ2) is 4.92. The van der Waals surface area contributed by atoms with Gasteiger partial charge < -0.3 is 15.5 Å². The second-order valence-corrected chi connectivity index (χ2v) is 4.46.